The number of nitrogens with one attached hydrogen (secondary N) is 1. The van der Waals surface area contributed by atoms with E-state index in [1.807, 2.05) is 17.5 Å². The summed E-state index contributed by atoms with van der Waals surface area (Å²) in [4.78, 5) is 30.1. The number of carbonyl (C=O) groups excluding carboxylic acids is 1. The summed E-state index contributed by atoms with van der Waals surface area (Å²) >= 11 is 8.77. The molecule has 2 aromatic heterocycles. The third kappa shape index (κ3) is 4.26. The third-order valence-corrected chi connectivity index (χ3v) is 6.88. The second-order valence-electron chi connectivity index (χ2n) is 6.84. The number of fused-ring (bicyclic) bond motifs is 1. The highest BCUT2D eigenvalue weighted by molar-refractivity contribution is 7.99. The van der Waals surface area contributed by atoms with E-state index >= 15 is 0 Å². The second-order valence-corrected chi connectivity index (χ2v) is 9.14. The Hall–Kier alpha value is -1.83. The zero-order valence-electron chi connectivity index (χ0n) is 15.2. The van der Waals surface area contributed by atoms with Gasteiger partial charge in [0.1, 0.15) is 4.70 Å². The van der Waals surface area contributed by atoms with Crippen molar-refractivity contribution in [3.63, 3.8) is 0 Å². The van der Waals surface area contributed by atoms with E-state index in [0.29, 0.717) is 26.1 Å². The number of thioether (sulfide) groups is 1. The van der Waals surface area contributed by atoms with Gasteiger partial charge in [-0.3, -0.25) is 14.2 Å². The molecule has 0 spiro atoms. The van der Waals surface area contributed by atoms with Gasteiger partial charge in [-0.05, 0) is 42.5 Å². The summed E-state index contributed by atoms with van der Waals surface area (Å²) in [6, 6.07) is 9.21. The number of hydrogen-bond acceptors (Lipinski definition) is 5. The van der Waals surface area contributed by atoms with E-state index in [0.717, 1.165) is 12.8 Å². The number of nitrogens with zero attached hydrogens (tertiary/aromatic N) is 2. The van der Waals surface area contributed by atoms with Gasteiger partial charge in [-0.25, -0.2) is 4.98 Å². The second kappa shape index (κ2) is 8.68. The van der Waals surface area contributed by atoms with E-state index in [1.165, 1.54) is 42.4 Å². The lowest BCUT2D eigenvalue weighted by molar-refractivity contribution is -0.119. The highest BCUT2D eigenvalue weighted by atomic mass is 35.5. The van der Waals surface area contributed by atoms with Gasteiger partial charge in [-0.2, -0.15) is 0 Å². The molecular formula is C20H20ClN3O2S2. The first-order valence-electron chi connectivity index (χ1n) is 9.30. The molecule has 1 aliphatic carbocycles. The van der Waals surface area contributed by atoms with Crippen LogP contribution in [0.15, 0.2) is 45.7 Å². The Bertz CT molecular complexity index is 1060. The van der Waals surface area contributed by atoms with Crippen LogP contribution in [-0.2, 0) is 4.79 Å². The molecule has 0 saturated heterocycles. The Morgan fingerprint density at radius 1 is 1.29 bits per heavy atom. The van der Waals surface area contributed by atoms with Crippen LogP contribution in [0.2, 0.25) is 5.02 Å². The van der Waals surface area contributed by atoms with Crippen molar-refractivity contribution in [3.8, 4) is 5.69 Å². The molecular weight excluding hydrogens is 414 g/mol. The van der Waals surface area contributed by atoms with Gasteiger partial charge in [-0.1, -0.05) is 48.7 Å². The number of rotatable bonds is 5. The van der Waals surface area contributed by atoms with Crippen LogP contribution in [-0.4, -0.2) is 27.3 Å². The molecule has 1 N–H and O–H groups in total. The standard InChI is InChI=1S/C20H20ClN3O2S2/c21-13-5-4-8-15(11-13)24-19(26)18-16(9-10-27-18)23-20(24)28-12-17(25)22-14-6-2-1-3-7-14/h4-5,8-11,14H,1-3,6-7,12H2,(H,22,25). The number of thiophene rings is 1. The first-order chi connectivity index (χ1) is 13.6. The predicted molar refractivity (Wildman–Crippen MR) is 116 cm³/mol. The maximum Gasteiger partial charge on any atom is 0.276 e. The number of aromatic nitrogens is 2. The lowest BCUT2D eigenvalue weighted by Gasteiger charge is -2.22. The summed E-state index contributed by atoms with van der Waals surface area (Å²) in [5.41, 5.74) is 1.16. The average molecular weight is 434 g/mol. The number of carbonyl (C=O) groups is 1. The molecule has 8 heteroatoms. The number of halogens is 1. The third-order valence-electron chi connectivity index (χ3n) is 4.82. The molecule has 0 radical (unpaired) electrons. The molecule has 0 atom stereocenters. The normalized spacial score (nSPS) is 15.0. The quantitative estimate of drug-likeness (QED) is 0.470. The van der Waals surface area contributed by atoms with Gasteiger partial charge in [0.25, 0.3) is 5.56 Å². The summed E-state index contributed by atoms with van der Waals surface area (Å²) in [6.07, 6.45) is 5.68. The molecule has 1 fully saturated rings. The smallest absolute Gasteiger partial charge is 0.276 e. The van der Waals surface area contributed by atoms with Crippen molar-refractivity contribution in [2.24, 2.45) is 0 Å². The monoisotopic (exact) mass is 433 g/mol. The van der Waals surface area contributed by atoms with Crippen LogP contribution in [0.5, 0.6) is 0 Å². The molecule has 1 aromatic carbocycles. The van der Waals surface area contributed by atoms with E-state index in [1.54, 1.807) is 22.8 Å². The minimum absolute atomic E-state index is 0.0193. The molecule has 5 nitrogen and oxygen atoms in total. The van der Waals surface area contributed by atoms with Crippen LogP contribution >= 0.6 is 34.7 Å². The summed E-state index contributed by atoms with van der Waals surface area (Å²) in [7, 11) is 0. The Balaban J connectivity index is 1.61. The van der Waals surface area contributed by atoms with Crippen molar-refractivity contribution < 1.29 is 4.79 Å². The molecule has 1 saturated carbocycles. The molecule has 28 heavy (non-hydrogen) atoms. The van der Waals surface area contributed by atoms with E-state index in [2.05, 4.69) is 10.3 Å². The van der Waals surface area contributed by atoms with Crippen LogP contribution < -0.4 is 10.9 Å². The molecule has 0 bridgehead atoms. The summed E-state index contributed by atoms with van der Waals surface area (Å²) in [5, 5.41) is 6.00. The largest absolute Gasteiger partial charge is 0.353 e. The fourth-order valence-electron chi connectivity index (χ4n) is 3.48. The van der Waals surface area contributed by atoms with Crippen molar-refractivity contribution in [1.29, 1.82) is 0 Å². The van der Waals surface area contributed by atoms with Gasteiger partial charge in [0, 0.05) is 11.1 Å². The van der Waals surface area contributed by atoms with Gasteiger partial charge in [0.05, 0.1) is 17.0 Å². The highest BCUT2D eigenvalue weighted by Gasteiger charge is 2.18. The average Bonchev–Trinajstić information content (AvgIpc) is 3.16. The molecule has 0 aliphatic heterocycles. The van der Waals surface area contributed by atoms with Gasteiger partial charge >= 0.3 is 0 Å². The van der Waals surface area contributed by atoms with E-state index in [9.17, 15) is 9.59 Å². The zero-order valence-corrected chi connectivity index (χ0v) is 17.6. The Kier molecular flexibility index (Phi) is 6.04. The lowest BCUT2D eigenvalue weighted by Crippen LogP contribution is -2.37. The van der Waals surface area contributed by atoms with Gasteiger partial charge < -0.3 is 5.32 Å². The van der Waals surface area contributed by atoms with Crippen LogP contribution in [0.4, 0.5) is 0 Å². The molecule has 1 aliphatic rings. The molecule has 3 aromatic rings. The fourth-order valence-corrected chi connectivity index (χ4v) is 5.25. The summed E-state index contributed by atoms with van der Waals surface area (Å²) in [5.74, 6) is 0.202. The van der Waals surface area contributed by atoms with Crippen LogP contribution in [0.3, 0.4) is 0 Å². The Morgan fingerprint density at radius 3 is 2.89 bits per heavy atom. The van der Waals surface area contributed by atoms with Crippen LogP contribution in [0.25, 0.3) is 15.9 Å². The molecule has 4 rings (SSSR count). The van der Waals surface area contributed by atoms with Crippen molar-refractivity contribution in [3.05, 3.63) is 51.1 Å². The summed E-state index contributed by atoms with van der Waals surface area (Å²) in [6.45, 7) is 0. The number of benzene rings is 1. The molecule has 1 amide bonds. The number of hydrogen-bond donors (Lipinski definition) is 1. The zero-order chi connectivity index (χ0) is 19.5. The Labute approximate surface area is 176 Å². The van der Waals surface area contributed by atoms with E-state index < -0.39 is 0 Å². The van der Waals surface area contributed by atoms with Crippen LogP contribution in [0.1, 0.15) is 32.1 Å². The Morgan fingerprint density at radius 2 is 2.11 bits per heavy atom. The van der Waals surface area contributed by atoms with Gasteiger partial charge in [-0.15, -0.1) is 11.3 Å². The van der Waals surface area contributed by atoms with Crippen molar-refractivity contribution >= 4 is 50.8 Å². The van der Waals surface area contributed by atoms with Crippen molar-refractivity contribution in [1.82, 2.24) is 14.9 Å². The van der Waals surface area contributed by atoms with Crippen LogP contribution in [0, 0.1) is 0 Å². The minimum atomic E-state index is -0.141. The molecule has 2 heterocycles. The van der Waals surface area contributed by atoms with Gasteiger partial charge in [0.2, 0.25) is 5.91 Å². The van der Waals surface area contributed by atoms with Gasteiger partial charge in [0.15, 0.2) is 5.16 Å². The highest BCUT2D eigenvalue weighted by Crippen LogP contribution is 2.25. The number of amides is 1. The maximum atomic E-state index is 13.1. The molecule has 0 unspecified atom stereocenters. The first kappa shape index (κ1) is 19.5. The van der Waals surface area contributed by atoms with Crippen molar-refractivity contribution in [2.45, 2.75) is 43.3 Å². The lowest BCUT2D eigenvalue weighted by atomic mass is 9.95. The van der Waals surface area contributed by atoms with Crippen molar-refractivity contribution in [2.75, 3.05) is 5.75 Å². The SMILES string of the molecule is O=C(CSc1nc2ccsc2c(=O)n1-c1cccc(Cl)c1)NC1CCCCC1. The maximum absolute atomic E-state index is 13.1. The van der Waals surface area contributed by atoms with E-state index in [4.69, 9.17) is 11.6 Å². The fraction of sp³-hybridized carbons (Fsp3) is 0.350. The topological polar surface area (TPSA) is 64.0 Å². The minimum Gasteiger partial charge on any atom is -0.353 e. The predicted octanol–water partition coefficient (Wildman–Crippen LogP) is 4.64. The summed E-state index contributed by atoms with van der Waals surface area (Å²) < 4.78 is 2.14. The first-order valence-corrected chi connectivity index (χ1v) is 11.5. The molecule has 146 valence electrons. The van der Waals surface area contributed by atoms with E-state index in [-0.39, 0.29) is 23.3 Å².